The highest BCUT2D eigenvalue weighted by Crippen LogP contribution is 2.38. The van der Waals surface area contributed by atoms with Crippen LogP contribution in [0.3, 0.4) is 0 Å². The molecule has 24 heavy (non-hydrogen) atoms. The molecule has 0 N–H and O–H groups in total. The summed E-state index contributed by atoms with van der Waals surface area (Å²) in [7, 11) is -1.02. The van der Waals surface area contributed by atoms with Crippen molar-refractivity contribution in [2.24, 2.45) is 0 Å². The molecule has 1 saturated heterocycles. The minimum absolute atomic E-state index is 0.429. The molecule has 0 atom stereocenters. The summed E-state index contributed by atoms with van der Waals surface area (Å²) >= 11 is 0. The van der Waals surface area contributed by atoms with Gasteiger partial charge in [-0.25, -0.2) is 9.07 Å². The molecule has 0 amide bonds. The van der Waals surface area contributed by atoms with E-state index in [1.54, 1.807) is 10.9 Å². The standard InChI is InChI=1S/C17H21BFN3O2/c1-16(2)17(3,4)24-18(23-16)15(19)10-14-12-22(21-20-14)11-13-8-6-5-7-9-13/h5-10,12H,11H2,1-4H3. The lowest BCUT2D eigenvalue weighted by Crippen LogP contribution is -2.41. The van der Waals surface area contributed by atoms with Crippen molar-refractivity contribution in [2.75, 3.05) is 0 Å². The molecular formula is C17H21BFN3O2. The fraction of sp³-hybridized carbons (Fsp3) is 0.412. The molecule has 2 heterocycles. The highest BCUT2D eigenvalue weighted by molar-refractivity contribution is 6.54. The van der Waals surface area contributed by atoms with Crippen LogP contribution < -0.4 is 0 Å². The second-order valence-electron chi connectivity index (χ2n) is 6.94. The molecule has 2 aromatic rings. The van der Waals surface area contributed by atoms with Crippen LogP contribution in [-0.4, -0.2) is 33.3 Å². The van der Waals surface area contributed by atoms with Crippen LogP contribution in [0.15, 0.2) is 42.3 Å². The number of benzene rings is 1. The SMILES string of the molecule is CC1(C)OB(C(F)=Cc2cn(Cc3ccccc3)nn2)OC1(C)C. The van der Waals surface area contributed by atoms with Crippen molar-refractivity contribution in [3.05, 3.63) is 53.5 Å². The van der Waals surface area contributed by atoms with Crippen molar-refractivity contribution in [3.63, 3.8) is 0 Å². The Morgan fingerprint density at radius 1 is 1.17 bits per heavy atom. The average molecular weight is 329 g/mol. The Balaban J connectivity index is 1.71. The van der Waals surface area contributed by atoms with E-state index in [0.29, 0.717) is 12.2 Å². The summed E-state index contributed by atoms with van der Waals surface area (Å²) in [5, 5.41) is 8.00. The highest BCUT2D eigenvalue weighted by Gasteiger charge is 2.53. The fourth-order valence-corrected chi connectivity index (χ4v) is 2.39. The second-order valence-corrected chi connectivity index (χ2v) is 6.94. The normalized spacial score (nSPS) is 19.7. The number of rotatable bonds is 4. The summed E-state index contributed by atoms with van der Waals surface area (Å²) in [4.78, 5) is 0. The number of aromatic nitrogens is 3. The van der Waals surface area contributed by atoms with E-state index in [2.05, 4.69) is 10.3 Å². The third kappa shape index (κ3) is 3.42. The van der Waals surface area contributed by atoms with Gasteiger partial charge in [-0.2, -0.15) is 0 Å². The van der Waals surface area contributed by atoms with Crippen LogP contribution in [0.25, 0.3) is 6.08 Å². The number of nitrogens with zero attached hydrogens (tertiary/aromatic N) is 3. The van der Waals surface area contributed by atoms with E-state index in [1.165, 1.54) is 6.08 Å². The van der Waals surface area contributed by atoms with E-state index in [4.69, 9.17) is 9.31 Å². The van der Waals surface area contributed by atoms with Gasteiger partial charge in [0.25, 0.3) is 0 Å². The maximum Gasteiger partial charge on any atom is 0.525 e. The lowest BCUT2D eigenvalue weighted by atomic mass is 9.87. The van der Waals surface area contributed by atoms with Crippen molar-refractivity contribution in [2.45, 2.75) is 45.4 Å². The Hall–Kier alpha value is -1.99. The van der Waals surface area contributed by atoms with E-state index in [9.17, 15) is 4.39 Å². The molecule has 1 aliphatic heterocycles. The zero-order chi connectivity index (χ0) is 17.4. The van der Waals surface area contributed by atoms with Gasteiger partial charge in [-0.15, -0.1) is 5.10 Å². The Labute approximate surface area is 141 Å². The Morgan fingerprint density at radius 3 is 2.42 bits per heavy atom. The largest absolute Gasteiger partial charge is 0.525 e. The first-order valence-electron chi connectivity index (χ1n) is 7.94. The van der Waals surface area contributed by atoms with Crippen molar-refractivity contribution in [1.29, 1.82) is 0 Å². The first-order valence-corrected chi connectivity index (χ1v) is 7.94. The molecule has 0 spiro atoms. The van der Waals surface area contributed by atoms with Crippen LogP contribution >= 0.6 is 0 Å². The summed E-state index contributed by atoms with van der Waals surface area (Å²) in [5.41, 5.74) is -0.135. The van der Waals surface area contributed by atoms with Crippen molar-refractivity contribution in [1.82, 2.24) is 15.0 Å². The monoisotopic (exact) mass is 329 g/mol. The number of hydrogen-bond acceptors (Lipinski definition) is 4. The third-order valence-corrected chi connectivity index (χ3v) is 4.51. The number of hydrogen-bond donors (Lipinski definition) is 0. The molecule has 7 heteroatoms. The van der Waals surface area contributed by atoms with Crippen LogP contribution in [0, 0.1) is 0 Å². The van der Waals surface area contributed by atoms with Gasteiger partial charge in [-0.1, -0.05) is 35.5 Å². The minimum atomic E-state index is -1.02. The summed E-state index contributed by atoms with van der Waals surface area (Å²) in [6.07, 6.45) is 2.99. The molecule has 0 bridgehead atoms. The Morgan fingerprint density at radius 2 is 1.79 bits per heavy atom. The van der Waals surface area contributed by atoms with Gasteiger partial charge in [-0.3, -0.25) is 0 Å². The van der Waals surface area contributed by atoms with Crippen molar-refractivity contribution in [3.8, 4) is 0 Å². The van der Waals surface area contributed by atoms with Gasteiger partial charge >= 0.3 is 7.12 Å². The van der Waals surface area contributed by atoms with Gasteiger partial charge in [0.05, 0.1) is 23.9 Å². The van der Waals surface area contributed by atoms with E-state index >= 15 is 0 Å². The van der Waals surface area contributed by atoms with Crippen LogP contribution in [0.5, 0.6) is 0 Å². The van der Waals surface area contributed by atoms with Gasteiger partial charge in [0.15, 0.2) is 0 Å². The molecule has 0 unspecified atom stereocenters. The molecule has 1 aromatic carbocycles. The van der Waals surface area contributed by atoms with Crippen LogP contribution in [0.2, 0.25) is 0 Å². The zero-order valence-electron chi connectivity index (χ0n) is 14.4. The van der Waals surface area contributed by atoms with Crippen LogP contribution in [0.4, 0.5) is 4.39 Å². The summed E-state index contributed by atoms with van der Waals surface area (Å²) in [6, 6.07) is 9.89. The predicted molar refractivity (Wildman–Crippen MR) is 90.7 cm³/mol. The summed E-state index contributed by atoms with van der Waals surface area (Å²) in [6.45, 7) is 8.12. The first kappa shape index (κ1) is 16.9. The lowest BCUT2D eigenvalue weighted by Gasteiger charge is -2.32. The van der Waals surface area contributed by atoms with E-state index in [1.807, 2.05) is 58.0 Å². The van der Waals surface area contributed by atoms with Gasteiger partial charge < -0.3 is 9.31 Å². The molecular weight excluding hydrogens is 308 g/mol. The van der Waals surface area contributed by atoms with Gasteiger partial charge in [-0.05, 0) is 39.3 Å². The molecule has 126 valence electrons. The zero-order valence-corrected chi connectivity index (χ0v) is 14.4. The molecule has 1 aliphatic rings. The topological polar surface area (TPSA) is 49.2 Å². The smallest absolute Gasteiger partial charge is 0.398 e. The maximum atomic E-state index is 14.5. The third-order valence-electron chi connectivity index (χ3n) is 4.51. The maximum absolute atomic E-state index is 14.5. The quantitative estimate of drug-likeness (QED) is 0.808. The number of halogens is 1. The molecule has 0 aliphatic carbocycles. The molecule has 0 radical (unpaired) electrons. The van der Waals surface area contributed by atoms with E-state index in [0.717, 1.165) is 5.56 Å². The van der Waals surface area contributed by atoms with Crippen molar-refractivity contribution >= 4 is 13.2 Å². The van der Waals surface area contributed by atoms with Gasteiger partial charge in [0.1, 0.15) is 11.4 Å². The van der Waals surface area contributed by atoms with E-state index in [-0.39, 0.29) is 0 Å². The molecule has 3 rings (SSSR count). The molecule has 1 fully saturated rings. The van der Waals surface area contributed by atoms with E-state index < -0.39 is 24.0 Å². The second kappa shape index (κ2) is 6.14. The van der Waals surface area contributed by atoms with Gasteiger partial charge in [0.2, 0.25) is 0 Å². The molecule has 0 saturated carbocycles. The Kier molecular flexibility index (Phi) is 4.32. The van der Waals surface area contributed by atoms with Crippen LogP contribution in [0.1, 0.15) is 39.0 Å². The summed E-state index contributed by atoms with van der Waals surface area (Å²) < 4.78 is 27.5. The molecule has 1 aromatic heterocycles. The van der Waals surface area contributed by atoms with Crippen LogP contribution in [-0.2, 0) is 15.9 Å². The predicted octanol–water partition coefficient (Wildman–Crippen LogP) is 3.27. The van der Waals surface area contributed by atoms with Gasteiger partial charge in [0, 0.05) is 0 Å². The lowest BCUT2D eigenvalue weighted by molar-refractivity contribution is 0.00578. The summed E-state index contributed by atoms with van der Waals surface area (Å²) in [5.74, 6) is 0. The minimum Gasteiger partial charge on any atom is -0.398 e. The first-order chi connectivity index (χ1) is 11.3. The fourth-order valence-electron chi connectivity index (χ4n) is 2.39. The Bertz CT molecular complexity index is 727. The molecule has 5 nitrogen and oxygen atoms in total. The van der Waals surface area contributed by atoms with Crippen molar-refractivity contribution < 1.29 is 13.7 Å². The highest BCUT2D eigenvalue weighted by atomic mass is 19.1. The average Bonchev–Trinajstić information content (AvgIpc) is 3.02.